The summed E-state index contributed by atoms with van der Waals surface area (Å²) in [6, 6.07) is 0. The first-order chi connectivity index (χ1) is 18.9. The maximum absolute atomic E-state index is 12.1. The second-order valence-corrected chi connectivity index (χ2v) is 10.7. The van der Waals surface area contributed by atoms with Gasteiger partial charge >= 0.3 is 17.9 Å². The van der Waals surface area contributed by atoms with Gasteiger partial charge in [0, 0.05) is 25.9 Å². The van der Waals surface area contributed by atoms with E-state index < -0.39 is 91.9 Å². The molecule has 1 saturated heterocycles. The van der Waals surface area contributed by atoms with Gasteiger partial charge in [0.05, 0.1) is 6.10 Å². The number of amides is 4. The predicted octanol–water partition coefficient (Wildman–Crippen LogP) is -1.07. The summed E-state index contributed by atoms with van der Waals surface area (Å²) in [6.07, 6.45) is -1.16. The van der Waals surface area contributed by atoms with Crippen molar-refractivity contribution < 1.29 is 62.1 Å². The third-order valence-corrected chi connectivity index (χ3v) is 4.44. The highest BCUT2D eigenvalue weighted by Gasteiger charge is 2.33. The standard InChI is InChI=1S/C25H39N3O13/c1-24(2,3)39-21(33)13-36-11-17(29)26-9-16(38-15-23(35)41-28-19(31)7-8-20(28)32)10-27-18(30)12-37-14-22(34)40-25(4,5)6/h16H,7-15H2,1-6H3,(H,26,29)(H,27,30). The van der Waals surface area contributed by atoms with Gasteiger partial charge in [-0.05, 0) is 41.5 Å². The van der Waals surface area contributed by atoms with Crippen molar-refractivity contribution >= 4 is 41.5 Å². The van der Waals surface area contributed by atoms with Crippen LogP contribution in [0, 0.1) is 0 Å². The van der Waals surface area contributed by atoms with Crippen LogP contribution in [0.3, 0.4) is 0 Å². The summed E-state index contributed by atoms with van der Waals surface area (Å²) in [5.41, 5.74) is -1.43. The highest BCUT2D eigenvalue weighted by Crippen LogP contribution is 2.12. The zero-order valence-corrected chi connectivity index (χ0v) is 24.2. The fourth-order valence-corrected chi connectivity index (χ4v) is 2.92. The topological polar surface area (TPSA) is 202 Å². The molecular formula is C25H39N3O13. The summed E-state index contributed by atoms with van der Waals surface area (Å²) in [6.45, 7) is 7.04. The number of hydrogen-bond donors (Lipinski definition) is 2. The number of esters is 2. The summed E-state index contributed by atoms with van der Waals surface area (Å²) in [7, 11) is 0. The fourth-order valence-electron chi connectivity index (χ4n) is 2.92. The molecule has 0 unspecified atom stereocenters. The Hall–Kier alpha value is -3.63. The molecule has 0 spiro atoms. The third-order valence-electron chi connectivity index (χ3n) is 4.44. The molecule has 41 heavy (non-hydrogen) atoms. The van der Waals surface area contributed by atoms with Gasteiger partial charge in [-0.1, -0.05) is 0 Å². The average molecular weight is 590 g/mol. The van der Waals surface area contributed by atoms with E-state index >= 15 is 0 Å². The molecule has 0 aromatic rings. The van der Waals surface area contributed by atoms with Gasteiger partial charge in [0.15, 0.2) is 0 Å². The van der Waals surface area contributed by atoms with Crippen molar-refractivity contribution in [3.63, 3.8) is 0 Å². The second kappa shape index (κ2) is 16.6. The molecule has 0 aromatic heterocycles. The molecule has 0 bridgehead atoms. The molecule has 1 fully saturated rings. The highest BCUT2D eigenvalue weighted by atomic mass is 16.7. The summed E-state index contributed by atoms with van der Waals surface area (Å²) < 4.78 is 25.6. The zero-order valence-electron chi connectivity index (χ0n) is 24.2. The Morgan fingerprint density at radius 3 is 1.49 bits per heavy atom. The minimum atomic E-state index is -1.06. The van der Waals surface area contributed by atoms with E-state index in [2.05, 4.69) is 10.6 Å². The average Bonchev–Trinajstić information content (AvgIpc) is 3.13. The molecule has 16 nitrogen and oxygen atoms in total. The Morgan fingerprint density at radius 1 is 0.683 bits per heavy atom. The van der Waals surface area contributed by atoms with Crippen LogP contribution >= 0.6 is 0 Å². The van der Waals surface area contributed by atoms with Crippen LogP contribution < -0.4 is 10.6 Å². The summed E-state index contributed by atoms with van der Waals surface area (Å²) in [5.74, 6) is -4.98. The van der Waals surface area contributed by atoms with Crippen molar-refractivity contribution in [2.24, 2.45) is 0 Å². The molecule has 16 heteroatoms. The van der Waals surface area contributed by atoms with E-state index in [0.717, 1.165) is 0 Å². The lowest BCUT2D eigenvalue weighted by Gasteiger charge is -2.20. The highest BCUT2D eigenvalue weighted by molar-refractivity contribution is 6.01. The zero-order chi connectivity index (χ0) is 31.2. The molecule has 0 radical (unpaired) electrons. The number of ether oxygens (including phenoxy) is 5. The first-order valence-electron chi connectivity index (χ1n) is 12.8. The van der Waals surface area contributed by atoms with Gasteiger partial charge < -0.3 is 39.2 Å². The Kier molecular flexibility index (Phi) is 14.3. The summed E-state index contributed by atoms with van der Waals surface area (Å²) >= 11 is 0. The number of nitrogens with one attached hydrogen (secondary N) is 2. The van der Waals surface area contributed by atoms with Gasteiger partial charge in [-0.3, -0.25) is 19.2 Å². The molecular weight excluding hydrogens is 550 g/mol. The molecule has 1 aliphatic rings. The van der Waals surface area contributed by atoms with Crippen LogP contribution in [0.15, 0.2) is 0 Å². The SMILES string of the molecule is CC(C)(C)OC(=O)COCC(=O)NCC(CNC(=O)COCC(=O)OC(C)(C)C)OCC(=O)ON1C(=O)CCC1=O. The maximum Gasteiger partial charge on any atom is 0.358 e. The molecule has 0 aliphatic carbocycles. The normalized spacial score (nSPS) is 13.7. The van der Waals surface area contributed by atoms with Crippen molar-refractivity contribution in [2.75, 3.05) is 46.1 Å². The molecule has 0 atom stereocenters. The largest absolute Gasteiger partial charge is 0.458 e. The van der Waals surface area contributed by atoms with Gasteiger partial charge in [-0.15, -0.1) is 5.06 Å². The molecule has 0 aromatic carbocycles. The van der Waals surface area contributed by atoms with Gasteiger partial charge in [0.25, 0.3) is 11.8 Å². The Morgan fingerprint density at radius 2 is 1.10 bits per heavy atom. The number of imide groups is 1. The number of carbonyl (C=O) groups is 7. The Balaban J connectivity index is 2.56. The molecule has 4 amide bonds. The van der Waals surface area contributed by atoms with E-state index in [1.807, 2.05) is 0 Å². The summed E-state index contributed by atoms with van der Waals surface area (Å²) in [4.78, 5) is 87.7. The van der Waals surface area contributed by atoms with E-state index in [0.29, 0.717) is 5.06 Å². The molecule has 1 aliphatic heterocycles. The number of rotatable bonds is 16. The quantitative estimate of drug-likeness (QED) is 0.163. The van der Waals surface area contributed by atoms with E-state index in [9.17, 15) is 33.6 Å². The fraction of sp³-hybridized carbons (Fsp3) is 0.720. The van der Waals surface area contributed by atoms with Crippen LogP contribution in [0.1, 0.15) is 54.4 Å². The lowest BCUT2D eigenvalue weighted by Crippen LogP contribution is -2.44. The molecule has 1 heterocycles. The van der Waals surface area contributed by atoms with Crippen molar-refractivity contribution in [3.05, 3.63) is 0 Å². The smallest absolute Gasteiger partial charge is 0.358 e. The van der Waals surface area contributed by atoms with Gasteiger partial charge in [-0.25, -0.2) is 14.4 Å². The van der Waals surface area contributed by atoms with E-state index in [1.54, 1.807) is 41.5 Å². The van der Waals surface area contributed by atoms with Crippen LogP contribution in [0.2, 0.25) is 0 Å². The van der Waals surface area contributed by atoms with Crippen LogP contribution in [0.5, 0.6) is 0 Å². The summed E-state index contributed by atoms with van der Waals surface area (Å²) in [5, 5.41) is 5.28. The van der Waals surface area contributed by atoms with Crippen LogP contribution in [-0.4, -0.2) is 110 Å². The van der Waals surface area contributed by atoms with E-state index in [-0.39, 0.29) is 25.9 Å². The predicted molar refractivity (Wildman–Crippen MR) is 136 cm³/mol. The van der Waals surface area contributed by atoms with Crippen LogP contribution in [-0.2, 0) is 62.1 Å². The first-order valence-corrected chi connectivity index (χ1v) is 12.8. The lowest BCUT2D eigenvalue weighted by molar-refractivity contribution is -0.201. The second-order valence-electron chi connectivity index (χ2n) is 10.7. The molecule has 1 rings (SSSR count). The number of hydrogen-bond acceptors (Lipinski definition) is 13. The minimum Gasteiger partial charge on any atom is -0.458 e. The van der Waals surface area contributed by atoms with E-state index in [4.69, 9.17) is 28.5 Å². The monoisotopic (exact) mass is 589 g/mol. The Labute approximate surface area is 237 Å². The molecule has 2 N–H and O–H groups in total. The van der Waals surface area contributed by atoms with Gasteiger partial charge in [0.1, 0.15) is 44.2 Å². The van der Waals surface area contributed by atoms with Crippen molar-refractivity contribution in [3.8, 4) is 0 Å². The number of carbonyl (C=O) groups excluding carboxylic acids is 7. The molecule has 0 saturated carbocycles. The van der Waals surface area contributed by atoms with Gasteiger partial charge in [-0.2, -0.15) is 0 Å². The minimum absolute atomic E-state index is 0.0837. The van der Waals surface area contributed by atoms with Crippen LogP contribution in [0.25, 0.3) is 0 Å². The third kappa shape index (κ3) is 16.9. The number of hydroxylamine groups is 2. The number of nitrogens with zero attached hydrogens (tertiary/aromatic N) is 1. The first kappa shape index (κ1) is 35.4. The Bertz CT molecular complexity index is 903. The van der Waals surface area contributed by atoms with Gasteiger partial charge in [0.2, 0.25) is 11.8 Å². The van der Waals surface area contributed by atoms with Crippen LogP contribution in [0.4, 0.5) is 0 Å². The molecule has 232 valence electrons. The van der Waals surface area contributed by atoms with Crippen molar-refractivity contribution in [2.45, 2.75) is 71.7 Å². The lowest BCUT2D eigenvalue weighted by atomic mass is 10.2. The van der Waals surface area contributed by atoms with Crippen molar-refractivity contribution in [1.82, 2.24) is 15.7 Å². The van der Waals surface area contributed by atoms with Crippen molar-refractivity contribution in [1.29, 1.82) is 0 Å². The van der Waals surface area contributed by atoms with E-state index in [1.165, 1.54) is 0 Å². The maximum atomic E-state index is 12.1.